The van der Waals surface area contributed by atoms with E-state index in [-0.39, 0.29) is 11.3 Å². The van der Waals surface area contributed by atoms with Crippen LogP contribution >= 0.6 is 11.3 Å². The van der Waals surface area contributed by atoms with Crippen molar-refractivity contribution >= 4 is 22.9 Å². The molecule has 0 saturated heterocycles. The van der Waals surface area contributed by atoms with E-state index in [9.17, 15) is 10.1 Å². The smallest absolute Gasteiger partial charge is 0.255 e. The van der Waals surface area contributed by atoms with Crippen molar-refractivity contribution in [3.63, 3.8) is 0 Å². The van der Waals surface area contributed by atoms with Gasteiger partial charge in [-0.25, -0.2) is 9.67 Å². The van der Waals surface area contributed by atoms with Crippen molar-refractivity contribution in [3.8, 4) is 11.8 Å². The second-order valence-electron chi connectivity index (χ2n) is 7.01. The van der Waals surface area contributed by atoms with Crippen LogP contribution in [0.2, 0.25) is 0 Å². The Balaban J connectivity index is 1.86. The van der Waals surface area contributed by atoms with Crippen LogP contribution in [0.4, 0.5) is 5.69 Å². The van der Waals surface area contributed by atoms with Crippen molar-refractivity contribution in [3.05, 3.63) is 57.8 Å². The maximum Gasteiger partial charge on any atom is 0.255 e. The first-order valence-corrected chi connectivity index (χ1v) is 8.92. The molecule has 0 spiro atoms. The van der Waals surface area contributed by atoms with E-state index in [0.29, 0.717) is 16.1 Å². The van der Waals surface area contributed by atoms with Gasteiger partial charge < -0.3 is 5.32 Å². The minimum Gasteiger partial charge on any atom is -0.320 e. The predicted molar refractivity (Wildman–Crippen MR) is 102 cm³/mol. The monoisotopic (exact) mass is 365 g/mol. The highest BCUT2D eigenvalue weighted by atomic mass is 32.1. The van der Waals surface area contributed by atoms with Crippen molar-refractivity contribution in [2.45, 2.75) is 33.1 Å². The molecule has 6 nitrogen and oxygen atoms in total. The fraction of sp³-hybridized carbons (Fsp3) is 0.263. The summed E-state index contributed by atoms with van der Waals surface area (Å²) in [5, 5.41) is 16.3. The third-order valence-electron chi connectivity index (χ3n) is 3.95. The Labute approximate surface area is 156 Å². The molecule has 7 heteroatoms. The van der Waals surface area contributed by atoms with Gasteiger partial charge >= 0.3 is 0 Å². The molecule has 3 aromatic rings. The molecule has 0 fully saturated rings. The lowest BCUT2D eigenvalue weighted by atomic mass is 9.94. The molecule has 132 valence electrons. The van der Waals surface area contributed by atoms with Crippen LogP contribution < -0.4 is 5.32 Å². The summed E-state index contributed by atoms with van der Waals surface area (Å²) in [7, 11) is 0. The zero-order valence-corrected chi connectivity index (χ0v) is 15.9. The van der Waals surface area contributed by atoms with Crippen LogP contribution in [0.25, 0.3) is 5.69 Å². The Morgan fingerprint density at radius 3 is 2.65 bits per heavy atom. The van der Waals surface area contributed by atoms with E-state index in [1.54, 1.807) is 23.1 Å². The highest BCUT2D eigenvalue weighted by Gasteiger charge is 2.21. The molecule has 2 heterocycles. The standard InChI is InChI=1S/C19H19N5OS/c1-12-7-13(5-6-15(12)24-11-21-10-22-24)18(25)23-14-8-17(19(2,3)4)26-16(14)9-20/h5-8,10-11H,1-4H3,(H,23,25). The molecule has 0 aliphatic rings. The second-order valence-corrected chi connectivity index (χ2v) is 8.06. The minimum absolute atomic E-state index is 0.0741. The summed E-state index contributed by atoms with van der Waals surface area (Å²) in [6.45, 7) is 8.16. The topological polar surface area (TPSA) is 83.6 Å². The quantitative estimate of drug-likeness (QED) is 0.759. The van der Waals surface area contributed by atoms with Gasteiger partial charge in [-0.3, -0.25) is 4.79 Å². The van der Waals surface area contributed by atoms with Gasteiger partial charge in [0.25, 0.3) is 5.91 Å². The Kier molecular flexibility index (Phi) is 4.62. The number of hydrogen-bond acceptors (Lipinski definition) is 5. The van der Waals surface area contributed by atoms with Crippen molar-refractivity contribution < 1.29 is 4.79 Å². The van der Waals surface area contributed by atoms with Gasteiger partial charge in [-0.1, -0.05) is 20.8 Å². The number of carbonyl (C=O) groups excluding carboxylic acids is 1. The van der Waals surface area contributed by atoms with Crippen LogP contribution in [-0.2, 0) is 5.41 Å². The number of aromatic nitrogens is 3. The van der Waals surface area contributed by atoms with Gasteiger partial charge in [0.05, 0.1) is 11.4 Å². The van der Waals surface area contributed by atoms with Crippen LogP contribution in [0.1, 0.15) is 46.4 Å². The Bertz CT molecular complexity index is 990. The molecular weight excluding hydrogens is 346 g/mol. The number of nitrogens with zero attached hydrogens (tertiary/aromatic N) is 4. The molecule has 0 atom stereocenters. The lowest BCUT2D eigenvalue weighted by Gasteiger charge is -2.15. The summed E-state index contributed by atoms with van der Waals surface area (Å²) in [6.07, 6.45) is 3.08. The van der Waals surface area contributed by atoms with Gasteiger partial charge in [-0.2, -0.15) is 10.4 Å². The lowest BCUT2D eigenvalue weighted by Crippen LogP contribution is -2.13. The zero-order valence-electron chi connectivity index (χ0n) is 15.1. The van der Waals surface area contributed by atoms with Crippen molar-refractivity contribution in [2.75, 3.05) is 5.32 Å². The molecule has 1 amide bonds. The number of hydrogen-bond donors (Lipinski definition) is 1. The van der Waals surface area contributed by atoms with Crippen molar-refractivity contribution in [1.29, 1.82) is 5.26 Å². The first kappa shape index (κ1) is 17.8. The van der Waals surface area contributed by atoms with Crippen LogP contribution in [0.3, 0.4) is 0 Å². The summed E-state index contributed by atoms with van der Waals surface area (Å²) >= 11 is 1.41. The van der Waals surface area contributed by atoms with E-state index in [1.807, 2.05) is 19.1 Å². The van der Waals surface area contributed by atoms with Crippen molar-refractivity contribution in [2.24, 2.45) is 0 Å². The Hall–Kier alpha value is -2.98. The molecule has 2 aromatic heterocycles. The van der Waals surface area contributed by atoms with E-state index in [4.69, 9.17) is 0 Å². The van der Waals surface area contributed by atoms with Gasteiger partial charge in [-0.15, -0.1) is 11.3 Å². The average molecular weight is 365 g/mol. The Morgan fingerprint density at radius 1 is 1.31 bits per heavy atom. The summed E-state index contributed by atoms with van der Waals surface area (Å²) < 4.78 is 1.65. The summed E-state index contributed by atoms with van der Waals surface area (Å²) in [5.41, 5.74) is 2.78. The summed E-state index contributed by atoms with van der Waals surface area (Å²) in [5.74, 6) is -0.243. The number of carbonyl (C=O) groups is 1. The number of rotatable bonds is 3. The van der Waals surface area contributed by atoms with Crippen molar-refractivity contribution in [1.82, 2.24) is 14.8 Å². The largest absolute Gasteiger partial charge is 0.320 e. The Morgan fingerprint density at radius 2 is 2.08 bits per heavy atom. The summed E-state index contributed by atoms with van der Waals surface area (Å²) in [6, 6.07) is 9.43. The molecule has 0 radical (unpaired) electrons. The molecule has 3 rings (SSSR count). The van der Waals surface area contributed by atoms with Gasteiger partial charge in [-0.05, 0) is 42.2 Å². The molecule has 1 aromatic carbocycles. The molecule has 0 aliphatic carbocycles. The molecular formula is C19H19N5OS. The van der Waals surface area contributed by atoms with E-state index in [2.05, 4.69) is 42.2 Å². The molecule has 0 unspecified atom stereocenters. The van der Waals surface area contributed by atoms with Crippen LogP contribution in [0.15, 0.2) is 36.9 Å². The predicted octanol–water partition coefficient (Wildman–Crippen LogP) is 4.06. The first-order chi connectivity index (χ1) is 12.3. The maximum atomic E-state index is 12.6. The average Bonchev–Trinajstić information content (AvgIpc) is 3.23. The number of amides is 1. The molecule has 0 saturated carbocycles. The van der Waals surface area contributed by atoms with Gasteiger partial charge in [0, 0.05) is 10.4 Å². The number of nitriles is 1. The van der Waals surface area contributed by atoms with E-state index < -0.39 is 0 Å². The van der Waals surface area contributed by atoms with E-state index in [1.165, 1.54) is 17.7 Å². The van der Waals surface area contributed by atoms with Gasteiger partial charge in [0.2, 0.25) is 0 Å². The van der Waals surface area contributed by atoms with Crippen LogP contribution in [0, 0.1) is 18.3 Å². The normalized spacial score (nSPS) is 11.2. The molecule has 0 aliphatic heterocycles. The van der Waals surface area contributed by atoms with Crippen LogP contribution in [-0.4, -0.2) is 20.7 Å². The first-order valence-electron chi connectivity index (χ1n) is 8.11. The number of thiophene rings is 1. The lowest BCUT2D eigenvalue weighted by molar-refractivity contribution is 0.102. The van der Waals surface area contributed by atoms with Gasteiger partial charge in [0.1, 0.15) is 23.6 Å². The maximum absolute atomic E-state index is 12.6. The zero-order chi connectivity index (χ0) is 18.9. The van der Waals surface area contributed by atoms with Gasteiger partial charge in [0.15, 0.2) is 0 Å². The van der Waals surface area contributed by atoms with E-state index in [0.717, 1.165) is 16.1 Å². The highest BCUT2D eigenvalue weighted by molar-refractivity contribution is 7.13. The van der Waals surface area contributed by atoms with Crippen LogP contribution in [0.5, 0.6) is 0 Å². The second kappa shape index (κ2) is 6.73. The number of aryl methyl sites for hydroxylation is 1. The third kappa shape index (κ3) is 3.51. The summed E-state index contributed by atoms with van der Waals surface area (Å²) in [4.78, 5) is 18.1. The minimum atomic E-state index is -0.243. The highest BCUT2D eigenvalue weighted by Crippen LogP contribution is 2.35. The fourth-order valence-electron chi connectivity index (χ4n) is 2.52. The molecule has 26 heavy (non-hydrogen) atoms. The SMILES string of the molecule is Cc1cc(C(=O)Nc2cc(C(C)(C)C)sc2C#N)ccc1-n1cncn1. The third-order valence-corrected chi connectivity index (χ3v) is 5.41. The number of nitrogens with one attached hydrogen (secondary N) is 1. The molecule has 1 N–H and O–H groups in total. The molecule has 0 bridgehead atoms. The van der Waals surface area contributed by atoms with E-state index >= 15 is 0 Å². The number of benzene rings is 1. The number of anilines is 1. The fourth-order valence-corrected chi connectivity index (χ4v) is 3.49.